The third-order valence-corrected chi connectivity index (χ3v) is 4.12. The molecular formula is C21H21F3N4O2. The molecule has 3 rings (SSSR count). The summed E-state index contributed by atoms with van der Waals surface area (Å²) in [5.74, 6) is 0.434. The first-order valence-electron chi connectivity index (χ1n) is 9.27. The zero-order valence-electron chi connectivity index (χ0n) is 16.2. The zero-order chi connectivity index (χ0) is 21.6. The second-order valence-corrected chi connectivity index (χ2v) is 6.48. The Hall–Kier alpha value is -3.33. The van der Waals surface area contributed by atoms with Crippen LogP contribution in [0.15, 0.2) is 54.6 Å². The number of aliphatic hydroxyl groups excluding tert-OH is 1. The summed E-state index contributed by atoms with van der Waals surface area (Å²) in [7, 11) is 0. The van der Waals surface area contributed by atoms with E-state index in [9.17, 15) is 13.2 Å². The van der Waals surface area contributed by atoms with Gasteiger partial charge in [0.25, 0.3) is 0 Å². The van der Waals surface area contributed by atoms with E-state index in [4.69, 9.17) is 5.11 Å². The molecule has 0 unspecified atom stereocenters. The van der Waals surface area contributed by atoms with Gasteiger partial charge in [-0.1, -0.05) is 30.3 Å². The summed E-state index contributed by atoms with van der Waals surface area (Å²) in [4.78, 5) is 8.82. The van der Waals surface area contributed by atoms with Crippen LogP contribution in [0, 0.1) is 6.92 Å². The van der Waals surface area contributed by atoms with Crippen molar-refractivity contribution >= 4 is 17.5 Å². The van der Waals surface area contributed by atoms with Crippen LogP contribution in [0.2, 0.25) is 0 Å². The third kappa shape index (κ3) is 6.08. The van der Waals surface area contributed by atoms with Crippen molar-refractivity contribution < 1.29 is 23.0 Å². The number of aromatic nitrogens is 2. The van der Waals surface area contributed by atoms with Crippen molar-refractivity contribution in [2.45, 2.75) is 19.7 Å². The van der Waals surface area contributed by atoms with Crippen LogP contribution in [0.3, 0.4) is 0 Å². The topological polar surface area (TPSA) is 79.3 Å². The summed E-state index contributed by atoms with van der Waals surface area (Å²) in [6.45, 7) is 2.40. The Kier molecular flexibility index (Phi) is 6.73. The Labute approximate surface area is 171 Å². The number of aliphatic hydroxyl groups is 1. The smallest absolute Gasteiger partial charge is 0.406 e. The third-order valence-electron chi connectivity index (χ3n) is 4.12. The second-order valence-electron chi connectivity index (χ2n) is 6.48. The minimum atomic E-state index is -4.78. The highest BCUT2D eigenvalue weighted by Crippen LogP contribution is 2.29. The lowest BCUT2D eigenvalue weighted by Gasteiger charge is -2.13. The fourth-order valence-corrected chi connectivity index (χ4v) is 2.72. The lowest BCUT2D eigenvalue weighted by molar-refractivity contribution is -0.274. The molecule has 0 atom stereocenters. The highest BCUT2D eigenvalue weighted by Gasteiger charge is 2.31. The van der Waals surface area contributed by atoms with Gasteiger partial charge in [0.15, 0.2) is 0 Å². The lowest BCUT2D eigenvalue weighted by Crippen LogP contribution is -2.17. The van der Waals surface area contributed by atoms with Crippen LogP contribution in [-0.2, 0) is 0 Å². The van der Waals surface area contributed by atoms with Gasteiger partial charge in [0, 0.05) is 30.5 Å². The van der Waals surface area contributed by atoms with Crippen molar-refractivity contribution in [3.63, 3.8) is 0 Å². The maximum Gasteiger partial charge on any atom is 0.573 e. The van der Waals surface area contributed by atoms with Crippen molar-refractivity contribution in [2.75, 3.05) is 23.8 Å². The van der Waals surface area contributed by atoms with E-state index in [2.05, 4.69) is 25.3 Å². The first-order valence-corrected chi connectivity index (χ1v) is 9.27. The predicted molar refractivity (Wildman–Crippen MR) is 109 cm³/mol. The molecule has 3 N–H and O–H groups in total. The minimum absolute atomic E-state index is 0.0117. The van der Waals surface area contributed by atoms with E-state index in [0.29, 0.717) is 36.0 Å². The lowest BCUT2D eigenvalue weighted by atomic mass is 10.1. The molecule has 158 valence electrons. The van der Waals surface area contributed by atoms with Crippen molar-refractivity contribution in [1.29, 1.82) is 0 Å². The molecule has 1 aromatic heterocycles. The normalized spacial score (nSPS) is 11.2. The quantitative estimate of drug-likeness (QED) is 0.452. The molecule has 2 aromatic carbocycles. The monoisotopic (exact) mass is 418 g/mol. The highest BCUT2D eigenvalue weighted by atomic mass is 19.4. The molecule has 1 heterocycles. The van der Waals surface area contributed by atoms with Crippen LogP contribution in [0.25, 0.3) is 11.3 Å². The zero-order valence-corrected chi connectivity index (χ0v) is 16.2. The van der Waals surface area contributed by atoms with Gasteiger partial charge in [0.2, 0.25) is 5.95 Å². The molecule has 0 radical (unpaired) electrons. The van der Waals surface area contributed by atoms with Crippen LogP contribution in [-0.4, -0.2) is 34.6 Å². The molecule has 3 aromatic rings. The number of benzene rings is 2. The van der Waals surface area contributed by atoms with Gasteiger partial charge < -0.3 is 20.5 Å². The van der Waals surface area contributed by atoms with Gasteiger partial charge in [-0.3, -0.25) is 0 Å². The average molecular weight is 418 g/mol. The number of alkyl halides is 3. The Morgan fingerprint density at radius 2 is 1.83 bits per heavy atom. The molecule has 0 saturated heterocycles. The summed E-state index contributed by atoms with van der Waals surface area (Å²) in [5, 5.41) is 15.2. The van der Waals surface area contributed by atoms with Gasteiger partial charge >= 0.3 is 6.36 Å². The Bertz CT molecular complexity index is 996. The Morgan fingerprint density at radius 3 is 2.57 bits per heavy atom. The highest BCUT2D eigenvalue weighted by molar-refractivity contribution is 5.69. The van der Waals surface area contributed by atoms with E-state index >= 15 is 0 Å². The molecule has 9 heteroatoms. The minimum Gasteiger partial charge on any atom is -0.406 e. The van der Waals surface area contributed by atoms with E-state index < -0.39 is 6.36 Å². The van der Waals surface area contributed by atoms with Crippen LogP contribution in [0.4, 0.5) is 30.6 Å². The van der Waals surface area contributed by atoms with Gasteiger partial charge in [-0.05, 0) is 37.1 Å². The SMILES string of the molecule is Cc1ccccc1Nc1cc(-c2cccc(OC(F)(F)F)c2)nc(NCCCO)n1. The predicted octanol–water partition coefficient (Wildman–Crippen LogP) is 4.89. The number of anilines is 3. The van der Waals surface area contributed by atoms with Crippen LogP contribution in [0.5, 0.6) is 5.75 Å². The maximum absolute atomic E-state index is 12.6. The number of aryl methyl sites for hydroxylation is 1. The molecule has 0 saturated carbocycles. The first-order chi connectivity index (χ1) is 14.3. The summed E-state index contributed by atoms with van der Waals surface area (Å²) >= 11 is 0. The van der Waals surface area contributed by atoms with Crippen molar-refractivity contribution in [3.8, 4) is 17.0 Å². The molecule has 0 spiro atoms. The van der Waals surface area contributed by atoms with Crippen LogP contribution in [0.1, 0.15) is 12.0 Å². The largest absolute Gasteiger partial charge is 0.573 e. The van der Waals surface area contributed by atoms with E-state index in [-0.39, 0.29) is 12.4 Å². The number of nitrogens with zero attached hydrogens (tertiary/aromatic N) is 2. The summed E-state index contributed by atoms with van der Waals surface area (Å²) in [5.41, 5.74) is 2.71. The van der Waals surface area contributed by atoms with Crippen molar-refractivity contribution in [1.82, 2.24) is 9.97 Å². The van der Waals surface area contributed by atoms with Gasteiger partial charge in [-0.25, -0.2) is 4.98 Å². The molecule has 0 aliphatic carbocycles. The molecule has 6 nitrogen and oxygen atoms in total. The van der Waals surface area contributed by atoms with Crippen LogP contribution >= 0.6 is 0 Å². The number of hydrogen-bond acceptors (Lipinski definition) is 6. The summed E-state index contributed by atoms with van der Waals surface area (Å²) in [6.07, 6.45) is -4.28. The number of nitrogens with one attached hydrogen (secondary N) is 2. The number of para-hydroxylation sites is 1. The maximum atomic E-state index is 12.6. The standard InChI is InChI=1S/C21H21F3N4O2/c1-14-6-2-3-9-17(14)26-19-13-18(27-20(28-19)25-10-5-11-29)15-7-4-8-16(12-15)30-21(22,23)24/h2-4,6-9,12-13,29H,5,10-11H2,1H3,(H2,25,26,27,28). The molecule has 0 amide bonds. The molecule has 0 aliphatic heterocycles. The van der Waals surface area contributed by atoms with E-state index in [1.54, 1.807) is 12.1 Å². The average Bonchev–Trinajstić information content (AvgIpc) is 2.69. The second kappa shape index (κ2) is 9.45. The first kappa shape index (κ1) is 21.4. The molecule has 30 heavy (non-hydrogen) atoms. The Morgan fingerprint density at radius 1 is 1.03 bits per heavy atom. The van der Waals surface area contributed by atoms with Gasteiger partial charge in [0.05, 0.1) is 5.69 Å². The van der Waals surface area contributed by atoms with E-state index in [0.717, 1.165) is 11.3 Å². The van der Waals surface area contributed by atoms with Gasteiger partial charge in [-0.15, -0.1) is 13.2 Å². The Balaban J connectivity index is 1.95. The van der Waals surface area contributed by atoms with Crippen molar-refractivity contribution in [3.05, 3.63) is 60.2 Å². The number of rotatable bonds is 8. The fraction of sp³-hybridized carbons (Fsp3) is 0.238. The number of ether oxygens (including phenoxy) is 1. The van der Waals surface area contributed by atoms with E-state index in [1.165, 1.54) is 18.2 Å². The number of hydrogen-bond donors (Lipinski definition) is 3. The van der Waals surface area contributed by atoms with Gasteiger partial charge in [0.1, 0.15) is 11.6 Å². The molecule has 0 bridgehead atoms. The molecule has 0 aliphatic rings. The summed E-state index contributed by atoms with van der Waals surface area (Å²) < 4.78 is 41.7. The molecule has 0 fully saturated rings. The van der Waals surface area contributed by atoms with Crippen molar-refractivity contribution in [2.24, 2.45) is 0 Å². The van der Waals surface area contributed by atoms with E-state index in [1.807, 2.05) is 31.2 Å². The summed E-state index contributed by atoms with van der Waals surface area (Å²) in [6, 6.07) is 14.9. The van der Waals surface area contributed by atoms with Crippen LogP contribution < -0.4 is 15.4 Å². The fourth-order valence-electron chi connectivity index (χ4n) is 2.72. The molecular weight excluding hydrogens is 397 g/mol. The van der Waals surface area contributed by atoms with Gasteiger partial charge in [-0.2, -0.15) is 4.98 Å². The number of halogens is 3.